The molecule has 0 saturated carbocycles. The van der Waals surface area contributed by atoms with E-state index in [4.69, 9.17) is 14.9 Å². The number of aromatic nitrogens is 3. The molecule has 3 heterocycles. The molecule has 240 valence electrons. The van der Waals surface area contributed by atoms with Crippen LogP contribution in [0.3, 0.4) is 0 Å². The topological polar surface area (TPSA) is 180 Å². The van der Waals surface area contributed by atoms with Gasteiger partial charge in [-0.15, -0.1) is 43.3 Å². The number of thiazole rings is 3. The zero-order valence-electron chi connectivity index (χ0n) is 25.0. The van der Waals surface area contributed by atoms with Crippen LogP contribution >= 0.6 is 59.2 Å². The van der Waals surface area contributed by atoms with Gasteiger partial charge < -0.3 is 25.2 Å². The summed E-state index contributed by atoms with van der Waals surface area (Å²) in [5.41, 5.74) is 0. The molecule has 11 nitrogen and oxygen atoms in total. The lowest BCUT2D eigenvalue weighted by molar-refractivity contribution is -0.140. The largest absolute Gasteiger partial charge is 0.466 e. The third-order valence-electron chi connectivity index (χ3n) is 3.09. The summed E-state index contributed by atoms with van der Waals surface area (Å²) in [6.07, 6.45) is 9.52. The molecule has 0 bridgehead atoms. The number of nitrogens with zero attached hydrogens (tertiary/aromatic N) is 3. The van der Waals surface area contributed by atoms with Crippen LogP contribution < -0.4 is 0 Å². The normalized spacial score (nSPS) is 8.83. The van der Waals surface area contributed by atoms with Crippen molar-refractivity contribution in [2.24, 2.45) is 0 Å². The summed E-state index contributed by atoms with van der Waals surface area (Å²) in [5, 5.41) is 16.5. The van der Waals surface area contributed by atoms with E-state index in [0.29, 0.717) is 24.4 Å². The minimum Gasteiger partial charge on any atom is -0.466 e. The highest BCUT2D eigenvalue weighted by Gasteiger charge is 1.96. The maximum Gasteiger partial charge on any atom is 0.330 e. The fourth-order valence-corrected chi connectivity index (χ4v) is 4.48. The Balaban J connectivity index is -0.000000220. The number of aldehydes is 1. The van der Waals surface area contributed by atoms with Gasteiger partial charge >= 0.3 is 11.9 Å². The van der Waals surface area contributed by atoms with Gasteiger partial charge in [0, 0.05) is 52.5 Å². The van der Waals surface area contributed by atoms with E-state index in [0.717, 1.165) is 25.0 Å². The van der Waals surface area contributed by atoms with E-state index in [1.165, 1.54) is 22.3 Å². The molecule has 0 spiro atoms. The highest BCUT2D eigenvalue weighted by Crippen LogP contribution is 2.16. The summed E-state index contributed by atoms with van der Waals surface area (Å²) < 4.78 is 10.2. The van der Waals surface area contributed by atoms with Crippen LogP contribution in [0, 0.1) is 20.8 Å². The summed E-state index contributed by atoms with van der Waals surface area (Å²) in [5.74, 6) is -0.483. The molecule has 0 saturated heterocycles. The average molecular weight is 733 g/mol. The van der Waals surface area contributed by atoms with Crippen molar-refractivity contribution in [3.8, 4) is 0 Å². The van der Waals surface area contributed by atoms with Crippen LogP contribution in [-0.2, 0) is 19.1 Å². The minimum absolute atomic E-state index is 0. The Hall–Kier alpha value is -1.97. The van der Waals surface area contributed by atoms with Crippen LogP contribution in [-0.4, -0.2) is 81.5 Å². The number of esters is 2. The van der Waals surface area contributed by atoms with Gasteiger partial charge in [0.2, 0.25) is 0 Å². The lowest BCUT2D eigenvalue weighted by Crippen LogP contribution is -2.03. The number of carbonyl (C=O) groups excluding carboxylic acids is 3. The summed E-state index contributed by atoms with van der Waals surface area (Å²) in [4.78, 5) is 46.3. The number of hydrogen-bond donors (Lipinski definition) is 2. The monoisotopic (exact) mass is 731 g/mol. The van der Waals surface area contributed by atoms with E-state index in [1.807, 2.05) is 27.0 Å². The molecule has 1 atom stereocenters. The molecule has 16 heteroatoms. The van der Waals surface area contributed by atoms with E-state index in [2.05, 4.69) is 44.9 Å². The molecule has 0 fully saturated rings. The molecule has 0 aromatic carbocycles. The van der Waals surface area contributed by atoms with E-state index in [1.54, 1.807) is 68.8 Å². The Bertz CT molecular complexity index is 1080. The van der Waals surface area contributed by atoms with Crippen molar-refractivity contribution in [2.75, 3.05) is 32.6 Å². The summed E-state index contributed by atoms with van der Waals surface area (Å²) in [7, 11) is 2.29. The van der Waals surface area contributed by atoms with Crippen LogP contribution in [0.2, 0.25) is 0 Å². The number of aliphatic hydroxyl groups excluding tert-OH is 2. The van der Waals surface area contributed by atoms with Gasteiger partial charge in [0.25, 0.3) is 0 Å². The first-order valence-electron chi connectivity index (χ1n) is 12.3. The van der Waals surface area contributed by atoms with E-state index < -0.39 is 0 Å². The fourth-order valence-electron chi connectivity index (χ4n) is 1.75. The highest BCUT2D eigenvalue weighted by atomic mass is 79.9. The number of ether oxygens (including phenoxy) is 2. The van der Waals surface area contributed by atoms with Gasteiger partial charge in [-0.3, -0.25) is 9.59 Å². The van der Waals surface area contributed by atoms with Crippen molar-refractivity contribution in [2.45, 2.75) is 48.5 Å². The number of carbonyl (C=O) groups is 3. The van der Waals surface area contributed by atoms with Gasteiger partial charge in [-0.25, -0.2) is 19.7 Å². The molecule has 0 radical (unpaired) electrons. The molecule has 0 amide bonds. The molecule has 3 aromatic heterocycles. The second kappa shape index (κ2) is 33.5. The Morgan fingerprint density at radius 2 is 1.29 bits per heavy atom. The molecule has 1 unspecified atom stereocenters. The molecule has 3 aromatic rings. The maximum atomic E-state index is 10.9. The van der Waals surface area contributed by atoms with Crippen molar-refractivity contribution in [1.29, 1.82) is 0 Å². The Kier molecular flexibility index (Phi) is 37.5. The van der Waals surface area contributed by atoms with Gasteiger partial charge in [0.15, 0.2) is 15.2 Å². The van der Waals surface area contributed by atoms with Crippen LogP contribution in [0.5, 0.6) is 0 Å². The van der Waals surface area contributed by atoms with Crippen molar-refractivity contribution >= 4 is 83.5 Å². The third kappa shape index (κ3) is 32.5. The highest BCUT2D eigenvalue weighted by molar-refractivity contribution is 9.11. The second-order valence-electron chi connectivity index (χ2n) is 6.69. The van der Waals surface area contributed by atoms with Crippen molar-refractivity contribution in [3.63, 3.8) is 0 Å². The van der Waals surface area contributed by atoms with Crippen LogP contribution in [0.1, 0.15) is 57.1 Å². The molecule has 42 heavy (non-hydrogen) atoms. The third-order valence-corrected chi connectivity index (χ3v) is 6.53. The van der Waals surface area contributed by atoms with Gasteiger partial charge in [-0.2, -0.15) is 0 Å². The quantitative estimate of drug-likeness (QED) is 0.150. The Morgan fingerprint density at radius 1 is 0.857 bits per heavy atom. The summed E-state index contributed by atoms with van der Waals surface area (Å²) >= 11 is 7.84. The van der Waals surface area contributed by atoms with Gasteiger partial charge in [0.1, 0.15) is 5.01 Å². The summed E-state index contributed by atoms with van der Waals surface area (Å²) in [6.45, 7) is 14.2. The standard InChI is InChI=1S/C9H11NO2S.C5H5NOS.C4H4BrNS.C4H9O2P.2C2H6O.H2O/c1-3-12-9(11)5-4-8-10-6-7(2)13-8;1-4-2-6-5(3-7)8-4;1-3-2-6-4(5)7-3;1-2-6-4(5)3-7;2*1-2-3;/h4-6H,3H2,1-2H3;2-3H,1H3;2H,1H3;2-3,7H2,1H3;2*3H,2H2,1H3;1H2/b5-4+;;;;;;. The van der Waals surface area contributed by atoms with Gasteiger partial charge in [0.05, 0.1) is 19.4 Å². The fraction of sp³-hybridized carbons (Fsp3) is 0.462. The molecule has 0 aliphatic carbocycles. The SMILES string of the molecule is CCO.CCO.CCOC(=O)/C=C/c1ncc(C)s1.CCOC(=O)CP.Cc1cnc(Br)s1.Cc1cnc(C=O)s1.O. The average Bonchev–Trinajstić information content (AvgIpc) is 3.66. The van der Waals surface area contributed by atoms with Crippen molar-refractivity contribution in [3.05, 3.63) is 53.2 Å². The molecule has 4 N–H and O–H groups in total. The Labute approximate surface area is 271 Å². The van der Waals surface area contributed by atoms with E-state index >= 15 is 0 Å². The number of aryl methyl sites for hydroxylation is 3. The zero-order chi connectivity index (χ0) is 32.1. The predicted octanol–water partition coefficient (Wildman–Crippen LogP) is 5.10. The van der Waals surface area contributed by atoms with Crippen molar-refractivity contribution < 1.29 is 39.5 Å². The number of halogens is 1. The summed E-state index contributed by atoms with van der Waals surface area (Å²) in [6, 6.07) is 0. The first-order chi connectivity index (χ1) is 19.5. The predicted molar refractivity (Wildman–Crippen MR) is 180 cm³/mol. The first-order valence-corrected chi connectivity index (χ1v) is 16.3. The first kappa shape index (κ1) is 47.0. The zero-order valence-corrected chi connectivity index (χ0v) is 30.1. The minimum atomic E-state index is -0.324. The lowest BCUT2D eigenvalue weighted by Gasteiger charge is -1.93. The lowest BCUT2D eigenvalue weighted by atomic mass is 10.5. The van der Waals surface area contributed by atoms with E-state index in [9.17, 15) is 14.4 Å². The van der Waals surface area contributed by atoms with Crippen molar-refractivity contribution in [1.82, 2.24) is 15.0 Å². The number of hydrogen-bond acceptors (Lipinski definition) is 13. The molecule has 0 aliphatic heterocycles. The van der Waals surface area contributed by atoms with Gasteiger partial charge in [-0.1, -0.05) is 0 Å². The maximum absolute atomic E-state index is 10.9. The molecule has 0 aliphatic rings. The number of aliphatic hydroxyl groups is 2. The van der Waals surface area contributed by atoms with E-state index in [-0.39, 0.29) is 30.6 Å². The molecular weight excluding hydrogens is 689 g/mol. The second-order valence-corrected chi connectivity index (χ2v) is 12.1. The smallest absolute Gasteiger partial charge is 0.330 e. The Morgan fingerprint density at radius 3 is 1.52 bits per heavy atom. The van der Waals surface area contributed by atoms with Crippen LogP contribution in [0.15, 0.2) is 28.6 Å². The molecule has 3 rings (SSSR count). The van der Waals surface area contributed by atoms with Crippen LogP contribution in [0.25, 0.3) is 6.08 Å². The van der Waals surface area contributed by atoms with Gasteiger partial charge in [-0.05, 0) is 70.5 Å². The molecular formula is C26H43BrN3O8PS3. The number of rotatable bonds is 6. The van der Waals surface area contributed by atoms with Crippen LogP contribution in [0.4, 0.5) is 0 Å².